The van der Waals surface area contributed by atoms with Crippen molar-refractivity contribution in [3.05, 3.63) is 226 Å². The highest BCUT2D eigenvalue weighted by Crippen LogP contribution is 2.41. The molecular formula is C81H76N8O2. The second-order valence-electron chi connectivity index (χ2n) is 28.5. The summed E-state index contributed by atoms with van der Waals surface area (Å²) in [5.74, 6) is 1.30. The van der Waals surface area contributed by atoms with Gasteiger partial charge in [-0.25, -0.2) is 19.9 Å². The first-order valence-electron chi connectivity index (χ1n) is 31.5. The number of nitrogens with zero attached hydrogens (tertiary/aromatic N) is 4. The monoisotopic (exact) mass is 1190 g/mol. The summed E-state index contributed by atoms with van der Waals surface area (Å²) in [5.41, 5.74) is 27.5. The van der Waals surface area contributed by atoms with Crippen LogP contribution in [0.2, 0.25) is 0 Å². The molecule has 4 aromatic carbocycles. The van der Waals surface area contributed by atoms with Crippen molar-refractivity contribution in [1.82, 2.24) is 39.9 Å². The molecule has 4 aliphatic heterocycles. The Morgan fingerprint density at radius 2 is 0.560 bits per heavy atom. The summed E-state index contributed by atoms with van der Waals surface area (Å²) >= 11 is 0. The van der Waals surface area contributed by atoms with Gasteiger partial charge in [0.25, 0.3) is 0 Å². The predicted molar refractivity (Wildman–Crippen MR) is 380 cm³/mol. The lowest BCUT2D eigenvalue weighted by atomic mass is 9.78. The first-order valence-corrected chi connectivity index (χ1v) is 31.5. The fourth-order valence-corrected chi connectivity index (χ4v) is 12.3. The van der Waals surface area contributed by atoms with Gasteiger partial charge in [0, 0.05) is 66.4 Å². The van der Waals surface area contributed by atoms with Crippen molar-refractivity contribution in [1.29, 1.82) is 0 Å². The molecule has 0 unspecified atom stereocenters. The van der Waals surface area contributed by atoms with E-state index in [1.807, 2.05) is 36.4 Å². The Morgan fingerprint density at radius 1 is 0.286 bits per heavy atom. The van der Waals surface area contributed by atoms with Gasteiger partial charge < -0.3 is 29.4 Å². The van der Waals surface area contributed by atoms with E-state index in [0.29, 0.717) is 11.5 Å². The van der Waals surface area contributed by atoms with Crippen molar-refractivity contribution in [2.45, 2.75) is 105 Å². The molecule has 10 heteroatoms. The Bertz CT molecular complexity index is 4700. The van der Waals surface area contributed by atoms with E-state index in [2.05, 4.69) is 273 Å². The van der Waals surface area contributed by atoms with Gasteiger partial charge in [0.1, 0.15) is 11.5 Å². The lowest BCUT2D eigenvalue weighted by Gasteiger charge is -2.26. The van der Waals surface area contributed by atoms with Crippen LogP contribution in [0.15, 0.2) is 158 Å². The van der Waals surface area contributed by atoms with Crippen LogP contribution in [-0.2, 0) is 21.7 Å². The fourth-order valence-electron chi connectivity index (χ4n) is 12.3. The minimum atomic E-state index is -0.0487. The van der Waals surface area contributed by atoms with E-state index in [4.69, 9.17) is 29.4 Å². The summed E-state index contributed by atoms with van der Waals surface area (Å²) in [5, 5.41) is 0. The molecular weight excluding hydrogens is 1120 g/mol. The molecule has 91 heavy (non-hydrogen) atoms. The average molecular weight is 1190 g/mol. The second-order valence-corrected chi connectivity index (χ2v) is 28.5. The molecule has 4 N–H and O–H groups in total. The van der Waals surface area contributed by atoms with Crippen molar-refractivity contribution >= 4 is 92.7 Å². The fraction of sp³-hybridized carbons (Fsp3) is 0.210. The first kappa shape index (κ1) is 58.4. The molecule has 0 atom stereocenters. The van der Waals surface area contributed by atoms with E-state index in [1.54, 1.807) is 0 Å². The minimum absolute atomic E-state index is 0.0281. The van der Waals surface area contributed by atoms with Crippen molar-refractivity contribution in [2.75, 3.05) is 6.79 Å². The molecule has 10 heterocycles. The number of nitrogens with one attached hydrogen (secondary N) is 4. The number of rotatable bonds is 8. The van der Waals surface area contributed by atoms with Gasteiger partial charge in [-0.2, -0.15) is 0 Å². The highest BCUT2D eigenvalue weighted by atomic mass is 16.7. The van der Waals surface area contributed by atoms with Crippen LogP contribution in [0, 0.1) is 0 Å². The molecule has 0 spiro atoms. The zero-order valence-corrected chi connectivity index (χ0v) is 53.9. The topological polar surface area (TPSA) is 133 Å². The zero-order chi connectivity index (χ0) is 63.1. The molecule has 0 aliphatic carbocycles. The Kier molecular flexibility index (Phi) is 14.3. The minimum Gasteiger partial charge on any atom is -0.457 e. The van der Waals surface area contributed by atoms with E-state index >= 15 is 0 Å². The summed E-state index contributed by atoms with van der Waals surface area (Å²) in [7, 11) is 0. The van der Waals surface area contributed by atoms with Gasteiger partial charge in [-0.05, 0) is 212 Å². The molecule has 0 saturated carbocycles. The van der Waals surface area contributed by atoms with E-state index < -0.39 is 0 Å². The predicted octanol–water partition coefficient (Wildman–Crippen LogP) is 20.9. The van der Waals surface area contributed by atoms with Crippen LogP contribution in [0.3, 0.4) is 0 Å². The molecule has 0 saturated heterocycles. The normalized spacial score (nSPS) is 13.1. The number of benzene rings is 4. The number of ether oxygens (including phenoxy) is 2. The van der Waals surface area contributed by atoms with Crippen molar-refractivity contribution in [3.8, 4) is 56.0 Å². The van der Waals surface area contributed by atoms with E-state index in [9.17, 15) is 0 Å². The van der Waals surface area contributed by atoms with Gasteiger partial charge in [0.2, 0.25) is 6.79 Å². The summed E-state index contributed by atoms with van der Waals surface area (Å²) < 4.78 is 12.9. The third kappa shape index (κ3) is 12.1. The second kappa shape index (κ2) is 22.3. The van der Waals surface area contributed by atoms with Crippen LogP contribution in [0.5, 0.6) is 11.5 Å². The maximum Gasteiger partial charge on any atom is 0.230 e. The van der Waals surface area contributed by atoms with Crippen molar-refractivity contribution < 1.29 is 9.47 Å². The molecule has 16 bridgehead atoms. The van der Waals surface area contributed by atoms with Gasteiger partial charge in [0.05, 0.1) is 45.6 Å². The Labute approximate surface area is 532 Å². The van der Waals surface area contributed by atoms with Gasteiger partial charge >= 0.3 is 0 Å². The number of aromatic nitrogens is 8. The standard InChI is InChI=1S/C81H76N8O2/c1-78(2,3)52-35-50(36-53(41-52)79(4,5)6)76-70-31-23-60(86-70)43-56-19-27-66(82-56)74(67-28-20-57(83-67)44-61-24-32-71(76)87-61)48-15-13-17-64(39-48)90-47-91-65-18-14-16-49(40-65)75-68-29-21-58(84-68)45-62-25-33-72(88-62)77(73-34-26-63(89-73)46-59-22-30-69(75)85-59)51-37-54(80(7,8)9)42-55(38-51)81(10,11)12/h13-46,82,84,87,89H,47H2,1-12H3. The molecule has 10 aromatic rings. The van der Waals surface area contributed by atoms with E-state index in [1.165, 1.54) is 22.3 Å². The summed E-state index contributed by atoms with van der Waals surface area (Å²) in [4.78, 5) is 36.0. The maximum absolute atomic E-state index is 6.45. The highest BCUT2D eigenvalue weighted by molar-refractivity contribution is 5.96. The third-order valence-electron chi connectivity index (χ3n) is 17.4. The number of fused-ring (bicyclic) bond motifs is 16. The Balaban J connectivity index is 0.779. The van der Waals surface area contributed by atoms with Crippen LogP contribution in [0.4, 0.5) is 0 Å². The van der Waals surface area contributed by atoms with Gasteiger partial charge in [-0.1, -0.05) is 144 Å². The lowest BCUT2D eigenvalue weighted by Crippen LogP contribution is -2.16. The summed E-state index contributed by atoms with van der Waals surface area (Å²) in [6, 6.07) is 55.7. The number of hydrogen-bond donors (Lipinski definition) is 4. The maximum atomic E-state index is 6.45. The van der Waals surface area contributed by atoms with Crippen LogP contribution in [0.25, 0.3) is 137 Å². The first-order chi connectivity index (χ1) is 43.5. The molecule has 14 rings (SSSR count). The number of H-pyrrole nitrogens is 4. The molecule has 4 aliphatic rings. The molecule has 6 aromatic heterocycles. The molecule has 0 amide bonds. The van der Waals surface area contributed by atoms with Gasteiger partial charge in [-0.15, -0.1) is 0 Å². The molecule has 10 nitrogen and oxygen atoms in total. The van der Waals surface area contributed by atoms with E-state index in [-0.39, 0.29) is 28.5 Å². The van der Waals surface area contributed by atoms with Crippen LogP contribution in [-0.4, -0.2) is 46.7 Å². The third-order valence-corrected chi connectivity index (χ3v) is 17.4. The van der Waals surface area contributed by atoms with Crippen LogP contribution >= 0.6 is 0 Å². The lowest BCUT2D eigenvalue weighted by molar-refractivity contribution is 0.120. The van der Waals surface area contributed by atoms with Crippen molar-refractivity contribution in [3.63, 3.8) is 0 Å². The number of aromatic amines is 4. The van der Waals surface area contributed by atoms with Crippen LogP contribution < -0.4 is 9.47 Å². The highest BCUT2D eigenvalue weighted by Gasteiger charge is 2.26. The van der Waals surface area contributed by atoms with Gasteiger partial charge in [0.15, 0.2) is 0 Å². The van der Waals surface area contributed by atoms with Crippen LogP contribution in [0.1, 0.15) is 151 Å². The molecule has 0 fully saturated rings. The summed E-state index contributed by atoms with van der Waals surface area (Å²) in [6.45, 7) is 27.3. The Morgan fingerprint density at radius 3 is 0.835 bits per heavy atom. The Hall–Kier alpha value is -10.3. The van der Waals surface area contributed by atoms with Crippen molar-refractivity contribution in [2.24, 2.45) is 0 Å². The average Bonchev–Trinajstić information content (AvgIpc) is 1.82. The largest absolute Gasteiger partial charge is 0.457 e. The van der Waals surface area contributed by atoms with Gasteiger partial charge in [-0.3, -0.25) is 0 Å². The SMILES string of the molecule is CC(C)(C)c1cc(-c2c3nc(cc4ccc([nH]4)c(-c4cccc(OCOc5cccc(-c6c7nc(cc8ccc([nH]8)c(-c8cc(C(C)(C)C)cc(C(C)(C)C)c8)c8nc(cc9ccc6[nH]9)C=C8)C=C7)c5)c4)c4nc(cc5ccc2[nH]5)C=C4)C=C3)cc(C(C)(C)C)c1. The molecule has 452 valence electrons. The number of hydrogen-bond acceptors (Lipinski definition) is 6. The summed E-state index contributed by atoms with van der Waals surface area (Å²) in [6.07, 6.45) is 16.8. The zero-order valence-electron chi connectivity index (χ0n) is 53.9. The molecule has 0 radical (unpaired) electrons. The quantitative estimate of drug-likeness (QED) is 0.112. The smallest absolute Gasteiger partial charge is 0.230 e. The van der Waals surface area contributed by atoms with E-state index in [0.717, 1.165) is 134 Å².